The van der Waals surface area contributed by atoms with Crippen molar-refractivity contribution in [1.82, 2.24) is 5.32 Å². The van der Waals surface area contributed by atoms with Gasteiger partial charge in [-0.05, 0) is 55.7 Å². The molecule has 0 spiro atoms. The van der Waals surface area contributed by atoms with E-state index in [0.717, 1.165) is 23.2 Å². The van der Waals surface area contributed by atoms with Gasteiger partial charge in [0.1, 0.15) is 0 Å². The first-order chi connectivity index (χ1) is 12.1. The number of aryl methyl sites for hydroxylation is 1. The summed E-state index contributed by atoms with van der Waals surface area (Å²) in [6.07, 6.45) is 0.720. The number of urea groups is 1. The molecule has 5 heteroatoms. The Balaban J connectivity index is 1.95. The number of ether oxygens (including phenoxy) is 2. The van der Waals surface area contributed by atoms with Gasteiger partial charge in [0, 0.05) is 18.8 Å². The molecule has 0 aliphatic carbocycles. The maximum absolute atomic E-state index is 12.5. The number of benzene rings is 2. The highest BCUT2D eigenvalue weighted by Crippen LogP contribution is 2.27. The maximum Gasteiger partial charge on any atom is 0.321 e. The van der Waals surface area contributed by atoms with Crippen LogP contribution in [0.4, 0.5) is 10.5 Å². The molecular weight excluding hydrogens is 316 g/mol. The van der Waals surface area contributed by atoms with Crippen molar-refractivity contribution in [3.8, 4) is 11.5 Å². The monoisotopic (exact) mass is 342 g/mol. The molecular formula is C20H26N2O3. The van der Waals surface area contributed by atoms with Crippen LogP contribution < -0.4 is 19.7 Å². The quantitative estimate of drug-likeness (QED) is 0.833. The lowest BCUT2D eigenvalue weighted by molar-refractivity contribution is 0.246. The van der Waals surface area contributed by atoms with Crippen LogP contribution in [0, 0.1) is 6.92 Å². The maximum atomic E-state index is 12.5. The van der Waals surface area contributed by atoms with Crippen molar-refractivity contribution in [3.63, 3.8) is 0 Å². The second-order valence-corrected chi connectivity index (χ2v) is 5.75. The van der Waals surface area contributed by atoms with Crippen LogP contribution in [0.3, 0.4) is 0 Å². The highest BCUT2D eigenvalue weighted by atomic mass is 16.5. The smallest absolute Gasteiger partial charge is 0.321 e. The molecule has 0 saturated heterocycles. The van der Waals surface area contributed by atoms with Crippen molar-refractivity contribution < 1.29 is 14.3 Å². The first kappa shape index (κ1) is 18.6. The van der Waals surface area contributed by atoms with Gasteiger partial charge in [-0.25, -0.2) is 4.79 Å². The van der Waals surface area contributed by atoms with E-state index in [-0.39, 0.29) is 6.03 Å². The molecule has 2 amide bonds. The Kier molecular flexibility index (Phi) is 6.69. The van der Waals surface area contributed by atoms with E-state index in [0.29, 0.717) is 24.6 Å². The summed E-state index contributed by atoms with van der Waals surface area (Å²) >= 11 is 0. The third-order valence-electron chi connectivity index (χ3n) is 4.01. The fourth-order valence-corrected chi connectivity index (χ4v) is 2.68. The van der Waals surface area contributed by atoms with Gasteiger partial charge in [0.15, 0.2) is 11.5 Å². The Morgan fingerprint density at radius 2 is 1.84 bits per heavy atom. The largest absolute Gasteiger partial charge is 0.493 e. The highest BCUT2D eigenvalue weighted by Gasteiger charge is 2.13. The molecule has 0 aliphatic heterocycles. The average Bonchev–Trinajstić information content (AvgIpc) is 2.62. The lowest BCUT2D eigenvalue weighted by Crippen LogP contribution is -2.40. The molecule has 0 unspecified atom stereocenters. The summed E-state index contributed by atoms with van der Waals surface area (Å²) in [5, 5.41) is 2.98. The zero-order chi connectivity index (χ0) is 18.2. The van der Waals surface area contributed by atoms with Gasteiger partial charge in [-0.2, -0.15) is 0 Å². The van der Waals surface area contributed by atoms with E-state index in [1.54, 1.807) is 19.1 Å². The number of hydrogen-bond donors (Lipinski definition) is 1. The predicted octanol–water partition coefficient (Wildman–Crippen LogP) is 3.79. The third-order valence-corrected chi connectivity index (χ3v) is 4.01. The molecule has 0 saturated carbocycles. The Hall–Kier alpha value is -2.69. The van der Waals surface area contributed by atoms with Crippen LogP contribution in [-0.4, -0.2) is 33.3 Å². The van der Waals surface area contributed by atoms with E-state index in [9.17, 15) is 4.79 Å². The van der Waals surface area contributed by atoms with Crippen LogP contribution in [0.25, 0.3) is 0 Å². The summed E-state index contributed by atoms with van der Waals surface area (Å²) in [4.78, 5) is 14.2. The normalized spacial score (nSPS) is 10.2. The van der Waals surface area contributed by atoms with E-state index in [4.69, 9.17) is 9.47 Å². The molecule has 0 heterocycles. The number of nitrogens with zero attached hydrogens (tertiary/aromatic N) is 1. The van der Waals surface area contributed by atoms with E-state index >= 15 is 0 Å². The molecule has 2 rings (SSSR count). The summed E-state index contributed by atoms with van der Waals surface area (Å²) < 4.78 is 10.5. The SMILES string of the molecule is CCN(C(=O)NCCc1ccc(OC)c(OC)c1)c1cccc(C)c1. The van der Waals surface area contributed by atoms with E-state index in [2.05, 4.69) is 5.32 Å². The third kappa shape index (κ3) is 4.89. The van der Waals surface area contributed by atoms with E-state index < -0.39 is 0 Å². The molecule has 2 aromatic rings. The van der Waals surface area contributed by atoms with Gasteiger partial charge < -0.3 is 14.8 Å². The molecule has 0 aromatic heterocycles. The molecule has 5 nitrogen and oxygen atoms in total. The van der Waals surface area contributed by atoms with Gasteiger partial charge in [0.2, 0.25) is 0 Å². The van der Waals surface area contributed by atoms with Crippen LogP contribution in [0.2, 0.25) is 0 Å². The molecule has 0 radical (unpaired) electrons. The van der Waals surface area contributed by atoms with Gasteiger partial charge in [0.25, 0.3) is 0 Å². The van der Waals surface area contributed by atoms with Crippen molar-refractivity contribution in [1.29, 1.82) is 0 Å². The Morgan fingerprint density at radius 1 is 1.08 bits per heavy atom. The second-order valence-electron chi connectivity index (χ2n) is 5.75. The van der Waals surface area contributed by atoms with Crippen LogP contribution in [0.1, 0.15) is 18.1 Å². The number of amides is 2. The van der Waals surface area contributed by atoms with Crippen molar-refractivity contribution >= 4 is 11.7 Å². The van der Waals surface area contributed by atoms with Crippen LogP contribution in [0.5, 0.6) is 11.5 Å². The standard InChI is InChI=1S/C20H26N2O3/c1-5-22(17-8-6-7-15(2)13-17)20(23)21-12-11-16-9-10-18(24-3)19(14-16)25-4/h6-10,13-14H,5,11-12H2,1-4H3,(H,21,23). The first-order valence-electron chi connectivity index (χ1n) is 8.42. The predicted molar refractivity (Wildman–Crippen MR) is 101 cm³/mol. The van der Waals surface area contributed by atoms with Gasteiger partial charge >= 0.3 is 6.03 Å². The molecule has 134 valence electrons. The summed E-state index contributed by atoms with van der Waals surface area (Å²) in [7, 11) is 3.23. The number of anilines is 1. The Labute approximate surface area is 149 Å². The van der Waals surface area contributed by atoms with Crippen molar-refractivity contribution in [3.05, 3.63) is 53.6 Å². The minimum atomic E-state index is -0.0893. The van der Waals surface area contributed by atoms with Crippen LogP contribution >= 0.6 is 0 Å². The van der Waals surface area contributed by atoms with Crippen molar-refractivity contribution in [2.45, 2.75) is 20.3 Å². The van der Waals surface area contributed by atoms with Gasteiger partial charge in [-0.1, -0.05) is 18.2 Å². The summed E-state index contributed by atoms with van der Waals surface area (Å²) in [5.41, 5.74) is 3.12. The van der Waals surface area contributed by atoms with Crippen LogP contribution in [0.15, 0.2) is 42.5 Å². The summed E-state index contributed by atoms with van der Waals surface area (Å²) in [6, 6.07) is 13.6. The molecule has 1 N–H and O–H groups in total. The van der Waals surface area contributed by atoms with Gasteiger partial charge in [-0.15, -0.1) is 0 Å². The Morgan fingerprint density at radius 3 is 2.48 bits per heavy atom. The first-order valence-corrected chi connectivity index (χ1v) is 8.42. The minimum absolute atomic E-state index is 0.0893. The van der Waals surface area contributed by atoms with Gasteiger partial charge in [-0.3, -0.25) is 4.90 Å². The molecule has 0 bridgehead atoms. The van der Waals surface area contributed by atoms with Crippen molar-refractivity contribution in [2.24, 2.45) is 0 Å². The fourth-order valence-electron chi connectivity index (χ4n) is 2.68. The van der Waals surface area contributed by atoms with Crippen LogP contribution in [-0.2, 0) is 6.42 Å². The number of rotatable bonds is 7. The molecule has 25 heavy (non-hydrogen) atoms. The number of carbonyl (C=O) groups is 1. The lowest BCUT2D eigenvalue weighted by atomic mass is 10.1. The second kappa shape index (κ2) is 8.97. The molecule has 0 aliphatic rings. The molecule has 0 atom stereocenters. The fraction of sp³-hybridized carbons (Fsp3) is 0.350. The highest BCUT2D eigenvalue weighted by molar-refractivity contribution is 5.91. The molecule has 0 fully saturated rings. The summed E-state index contributed by atoms with van der Waals surface area (Å²) in [6.45, 7) is 5.16. The number of carbonyl (C=O) groups excluding carboxylic acids is 1. The number of methoxy groups -OCH3 is 2. The van der Waals surface area contributed by atoms with Gasteiger partial charge in [0.05, 0.1) is 14.2 Å². The number of hydrogen-bond acceptors (Lipinski definition) is 3. The van der Waals surface area contributed by atoms with E-state index in [1.165, 1.54) is 0 Å². The zero-order valence-corrected chi connectivity index (χ0v) is 15.3. The molecule has 2 aromatic carbocycles. The lowest BCUT2D eigenvalue weighted by Gasteiger charge is -2.22. The summed E-state index contributed by atoms with van der Waals surface area (Å²) in [5.74, 6) is 1.40. The van der Waals surface area contributed by atoms with Crippen molar-refractivity contribution in [2.75, 3.05) is 32.2 Å². The number of nitrogens with one attached hydrogen (secondary N) is 1. The average molecular weight is 342 g/mol. The Bertz CT molecular complexity index is 716. The topological polar surface area (TPSA) is 50.8 Å². The minimum Gasteiger partial charge on any atom is -0.493 e. The van der Waals surface area contributed by atoms with E-state index in [1.807, 2.05) is 56.3 Å². The zero-order valence-electron chi connectivity index (χ0n) is 15.3.